The van der Waals surface area contributed by atoms with Crippen LogP contribution in [0.25, 0.3) is 0 Å². The van der Waals surface area contributed by atoms with Crippen LogP contribution in [0.5, 0.6) is 0 Å². The van der Waals surface area contributed by atoms with E-state index in [0.29, 0.717) is 13.1 Å². The van der Waals surface area contributed by atoms with Crippen LogP contribution in [-0.2, 0) is 14.6 Å². The Bertz CT molecular complexity index is 398. The van der Waals surface area contributed by atoms with Crippen LogP contribution in [0.15, 0.2) is 0 Å². The summed E-state index contributed by atoms with van der Waals surface area (Å²) in [6.45, 7) is 3.03. The van der Waals surface area contributed by atoms with Crippen LogP contribution in [0.3, 0.4) is 0 Å². The van der Waals surface area contributed by atoms with Crippen molar-refractivity contribution in [1.82, 2.24) is 4.90 Å². The number of hydrogen-bond donors (Lipinski definition) is 1. The molecule has 2 unspecified atom stereocenters. The van der Waals surface area contributed by atoms with E-state index in [9.17, 15) is 18.3 Å². The molecule has 0 amide bonds. The first-order valence-corrected chi connectivity index (χ1v) is 7.84. The van der Waals surface area contributed by atoms with Gasteiger partial charge in [-0.05, 0) is 32.9 Å². The number of hydrogen-bond acceptors (Lipinski definition) is 5. The van der Waals surface area contributed by atoms with Crippen molar-refractivity contribution in [2.24, 2.45) is 5.92 Å². The van der Waals surface area contributed by atoms with Crippen LogP contribution >= 0.6 is 0 Å². The zero-order valence-corrected chi connectivity index (χ0v) is 10.8. The van der Waals surface area contributed by atoms with Crippen molar-refractivity contribution < 1.29 is 18.3 Å². The molecular formula is C11H19NO4S. The van der Waals surface area contributed by atoms with Gasteiger partial charge in [0.25, 0.3) is 0 Å². The van der Waals surface area contributed by atoms with Gasteiger partial charge in [0.2, 0.25) is 0 Å². The normalized spacial score (nSPS) is 34.9. The van der Waals surface area contributed by atoms with Gasteiger partial charge in [-0.3, -0.25) is 9.69 Å². The predicted molar refractivity (Wildman–Crippen MR) is 63.4 cm³/mol. The van der Waals surface area contributed by atoms with Crippen LogP contribution in [0.1, 0.15) is 19.8 Å². The topological polar surface area (TPSA) is 74.7 Å². The van der Waals surface area contributed by atoms with E-state index in [1.165, 1.54) is 0 Å². The first-order chi connectivity index (χ1) is 7.89. The molecule has 2 fully saturated rings. The van der Waals surface area contributed by atoms with Gasteiger partial charge in [-0.1, -0.05) is 0 Å². The van der Waals surface area contributed by atoms with E-state index in [4.69, 9.17) is 0 Å². The second-order valence-electron chi connectivity index (χ2n) is 5.13. The van der Waals surface area contributed by atoms with Gasteiger partial charge in [0.15, 0.2) is 9.84 Å². The van der Waals surface area contributed by atoms with Crippen molar-refractivity contribution in [2.45, 2.75) is 31.9 Å². The van der Waals surface area contributed by atoms with Crippen LogP contribution in [0.2, 0.25) is 0 Å². The summed E-state index contributed by atoms with van der Waals surface area (Å²) in [6, 6.07) is -0.270. The minimum Gasteiger partial charge on any atom is -0.390 e. The zero-order valence-electron chi connectivity index (χ0n) is 10.0. The maximum Gasteiger partial charge on any atom is 0.154 e. The molecule has 0 aromatic heterocycles. The summed E-state index contributed by atoms with van der Waals surface area (Å²) in [6.07, 6.45) is 0.783. The second kappa shape index (κ2) is 4.66. The molecule has 17 heavy (non-hydrogen) atoms. The molecule has 0 spiro atoms. The first-order valence-electron chi connectivity index (χ1n) is 6.02. The first kappa shape index (κ1) is 13.0. The van der Waals surface area contributed by atoms with E-state index < -0.39 is 15.9 Å². The Morgan fingerprint density at radius 1 is 1.24 bits per heavy atom. The molecule has 5 nitrogen and oxygen atoms in total. The van der Waals surface area contributed by atoms with Gasteiger partial charge < -0.3 is 5.11 Å². The molecule has 0 aromatic carbocycles. The van der Waals surface area contributed by atoms with E-state index >= 15 is 0 Å². The Morgan fingerprint density at radius 2 is 1.82 bits per heavy atom. The highest BCUT2D eigenvalue weighted by Gasteiger charge is 2.41. The monoisotopic (exact) mass is 261 g/mol. The summed E-state index contributed by atoms with van der Waals surface area (Å²) < 4.78 is 22.9. The van der Waals surface area contributed by atoms with Crippen molar-refractivity contribution in [2.75, 3.05) is 24.6 Å². The molecular weight excluding hydrogens is 242 g/mol. The van der Waals surface area contributed by atoms with Gasteiger partial charge in [-0.25, -0.2) is 8.42 Å². The highest BCUT2D eigenvalue weighted by Crippen LogP contribution is 2.25. The van der Waals surface area contributed by atoms with Crippen LogP contribution in [0.4, 0.5) is 0 Å². The Morgan fingerprint density at radius 3 is 2.24 bits per heavy atom. The fraction of sp³-hybridized carbons (Fsp3) is 0.909. The number of Topliss-reactive ketones (excluding diaryl/α,β-unsaturated/α-hetero) is 1. The average molecular weight is 261 g/mol. The number of carbonyl (C=O) groups is 1. The number of nitrogens with zero attached hydrogens (tertiary/aromatic N) is 1. The van der Waals surface area contributed by atoms with Gasteiger partial charge in [0.1, 0.15) is 5.78 Å². The van der Waals surface area contributed by atoms with Gasteiger partial charge in [-0.15, -0.1) is 0 Å². The average Bonchev–Trinajstić information content (AvgIpc) is 2.52. The van der Waals surface area contributed by atoms with E-state index in [-0.39, 0.29) is 29.2 Å². The summed E-state index contributed by atoms with van der Waals surface area (Å²) in [7, 11) is -3.08. The van der Waals surface area contributed by atoms with Gasteiger partial charge in [-0.2, -0.15) is 0 Å². The van der Waals surface area contributed by atoms with Crippen molar-refractivity contribution in [3.05, 3.63) is 0 Å². The van der Waals surface area contributed by atoms with Gasteiger partial charge in [0.05, 0.1) is 23.7 Å². The largest absolute Gasteiger partial charge is 0.390 e. The molecule has 2 heterocycles. The number of ketones is 1. The third-order valence-corrected chi connectivity index (χ3v) is 5.57. The number of sulfone groups is 1. The van der Waals surface area contributed by atoms with Crippen molar-refractivity contribution in [1.29, 1.82) is 0 Å². The molecule has 98 valence electrons. The van der Waals surface area contributed by atoms with Crippen LogP contribution < -0.4 is 0 Å². The Kier molecular flexibility index (Phi) is 3.56. The smallest absolute Gasteiger partial charge is 0.154 e. The number of rotatable bonds is 2. The Hall–Kier alpha value is -0.460. The highest BCUT2D eigenvalue weighted by atomic mass is 32.2. The van der Waals surface area contributed by atoms with Crippen LogP contribution in [0, 0.1) is 5.92 Å². The second-order valence-corrected chi connectivity index (χ2v) is 7.29. The fourth-order valence-corrected chi connectivity index (χ4v) is 4.63. The lowest BCUT2D eigenvalue weighted by Crippen LogP contribution is -2.47. The quantitative estimate of drug-likeness (QED) is 0.721. The summed E-state index contributed by atoms with van der Waals surface area (Å²) in [5.74, 6) is 0.258. The lowest BCUT2D eigenvalue weighted by atomic mass is 9.92. The molecule has 2 aliphatic rings. The third-order valence-electron chi connectivity index (χ3n) is 3.87. The molecule has 6 heteroatoms. The summed E-state index contributed by atoms with van der Waals surface area (Å²) in [5.41, 5.74) is 0. The highest BCUT2D eigenvalue weighted by molar-refractivity contribution is 7.91. The summed E-state index contributed by atoms with van der Waals surface area (Å²) in [4.78, 5) is 13.3. The minimum atomic E-state index is -3.08. The molecule has 0 aromatic rings. The van der Waals surface area contributed by atoms with Crippen molar-refractivity contribution >= 4 is 15.6 Å². The molecule has 0 radical (unpaired) electrons. The molecule has 2 atom stereocenters. The SMILES string of the molecule is CC(=O)C1CCN(C2CS(=O)(=O)CC2O)CC1. The molecule has 2 aliphatic heterocycles. The lowest BCUT2D eigenvalue weighted by Gasteiger charge is -2.35. The third kappa shape index (κ3) is 2.86. The number of aliphatic hydroxyl groups is 1. The number of aliphatic hydroxyl groups excluding tert-OH is 1. The molecule has 0 aliphatic carbocycles. The predicted octanol–water partition coefficient (Wildman–Crippen LogP) is -0.555. The van der Waals surface area contributed by atoms with E-state index in [1.807, 2.05) is 4.90 Å². The molecule has 1 N–H and O–H groups in total. The number of piperidine rings is 1. The Balaban J connectivity index is 1.96. The molecule has 0 bridgehead atoms. The standard InChI is InChI=1S/C11H19NO4S/c1-8(13)9-2-4-12(5-3-9)10-6-17(15,16)7-11(10)14/h9-11,14H,2-7H2,1H3. The zero-order chi connectivity index (χ0) is 12.6. The molecule has 2 saturated heterocycles. The lowest BCUT2D eigenvalue weighted by molar-refractivity contribution is -0.122. The van der Waals surface area contributed by atoms with Gasteiger partial charge in [0, 0.05) is 5.92 Å². The van der Waals surface area contributed by atoms with Crippen molar-refractivity contribution in [3.8, 4) is 0 Å². The molecule has 0 saturated carbocycles. The molecule has 2 rings (SSSR count). The van der Waals surface area contributed by atoms with E-state index in [1.54, 1.807) is 6.92 Å². The van der Waals surface area contributed by atoms with Gasteiger partial charge >= 0.3 is 0 Å². The maximum atomic E-state index is 11.4. The summed E-state index contributed by atoms with van der Waals surface area (Å²) in [5, 5.41) is 9.76. The number of carbonyl (C=O) groups excluding carboxylic acids is 1. The van der Waals surface area contributed by atoms with Crippen LogP contribution in [-0.4, -0.2) is 60.9 Å². The van der Waals surface area contributed by atoms with E-state index in [0.717, 1.165) is 12.8 Å². The fourth-order valence-electron chi connectivity index (χ4n) is 2.80. The summed E-state index contributed by atoms with van der Waals surface area (Å²) >= 11 is 0. The number of likely N-dealkylation sites (tertiary alicyclic amines) is 1. The Labute approximate surface area is 102 Å². The minimum absolute atomic E-state index is 0.0545. The van der Waals surface area contributed by atoms with E-state index in [2.05, 4.69) is 0 Å². The maximum absolute atomic E-state index is 11.4. The van der Waals surface area contributed by atoms with Crippen molar-refractivity contribution in [3.63, 3.8) is 0 Å².